The van der Waals surface area contributed by atoms with E-state index in [1.165, 1.54) is 16.6 Å². The normalized spacial score (nSPS) is 20.7. The van der Waals surface area contributed by atoms with Gasteiger partial charge in [0, 0.05) is 30.7 Å². The Hall–Kier alpha value is -3.85. The van der Waals surface area contributed by atoms with Crippen LogP contribution in [0.4, 0.5) is 11.5 Å². The third-order valence-electron chi connectivity index (χ3n) is 10.1. The number of nitrogens with two attached hydrogens (primary N) is 1. The first-order chi connectivity index (χ1) is 24.2. The lowest BCUT2D eigenvalue weighted by atomic mass is 9.82. The fourth-order valence-electron chi connectivity index (χ4n) is 7.51. The van der Waals surface area contributed by atoms with Crippen LogP contribution in [-0.2, 0) is 24.3 Å². The van der Waals surface area contributed by atoms with Crippen molar-refractivity contribution >= 4 is 50.7 Å². The van der Waals surface area contributed by atoms with Crippen LogP contribution in [0.25, 0.3) is 10.4 Å². The van der Waals surface area contributed by atoms with Crippen LogP contribution in [0.3, 0.4) is 0 Å². The highest BCUT2D eigenvalue weighted by Crippen LogP contribution is 2.42. The number of aromatic carboxylic acids is 1. The van der Waals surface area contributed by atoms with Crippen molar-refractivity contribution in [1.82, 2.24) is 9.29 Å². The highest BCUT2D eigenvalue weighted by molar-refractivity contribution is 7.89. The van der Waals surface area contributed by atoms with Crippen molar-refractivity contribution in [3.8, 4) is 10.4 Å². The van der Waals surface area contributed by atoms with Crippen molar-refractivity contribution in [3.63, 3.8) is 0 Å². The average molecular weight is 738 g/mol. The highest BCUT2D eigenvalue weighted by Gasteiger charge is 2.44. The molecule has 4 heterocycles. The van der Waals surface area contributed by atoms with E-state index in [4.69, 9.17) is 10.5 Å². The van der Waals surface area contributed by atoms with Gasteiger partial charge in [-0.15, -0.1) is 11.3 Å². The molecule has 1 amide bonds. The van der Waals surface area contributed by atoms with Gasteiger partial charge in [-0.3, -0.25) is 9.59 Å². The number of piperazine rings is 1. The molecule has 1 saturated carbocycles. The van der Waals surface area contributed by atoms with Crippen molar-refractivity contribution < 1.29 is 32.6 Å². The number of sulfonamides is 1. The molecule has 3 N–H and O–H groups in total. The zero-order valence-corrected chi connectivity index (χ0v) is 31.0. The maximum absolute atomic E-state index is 14.1. The number of ether oxygens (including phenoxy) is 1. The Labute approximate surface area is 303 Å². The zero-order chi connectivity index (χ0) is 36.5. The van der Waals surface area contributed by atoms with E-state index in [-0.39, 0.29) is 28.2 Å². The predicted molar refractivity (Wildman–Crippen MR) is 196 cm³/mol. The molecule has 6 rings (SSSR count). The summed E-state index contributed by atoms with van der Waals surface area (Å²) in [6.07, 6.45) is 7.33. The lowest BCUT2D eigenvalue weighted by Gasteiger charge is -2.44. The SMILES string of the molecule is CC(C)(C)OC(=O)C(N)C1CCN(c2ccc(S(=O)(=O)N3CC(=O)N(c4cc(-c5ccccc5)sc4C(=O)O)[C@H](C4CCCCC4)C3)cn2)CC1. The van der Waals surface area contributed by atoms with E-state index in [2.05, 4.69) is 4.98 Å². The molecule has 1 aromatic carbocycles. The second kappa shape index (κ2) is 15.0. The Balaban J connectivity index is 1.19. The van der Waals surface area contributed by atoms with Gasteiger partial charge in [0.1, 0.15) is 27.2 Å². The molecule has 0 spiro atoms. The first-order valence-corrected chi connectivity index (χ1v) is 19.9. The van der Waals surface area contributed by atoms with Crippen LogP contribution in [0.2, 0.25) is 0 Å². The summed E-state index contributed by atoms with van der Waals surface area (Å²) in [5.74, 6) is -1.37. The number of carboxylic acids is 1. The van der Waals surface area contributed by atoms with Gasteiger partial charge < -0.3 is 25.4 Å². The lowest BCUT2D eigenvalue weighted by molar-refractivity contribution is -0.158. The number of carbonyl (C=O) groups is 3. The van der Waals surface area contributed by atoms with Crippen LogP contribution in [0.5, 0.6) is 0 Å². The van der Waals surface area contributed by atoms with Crippen LogP contribution in [0.15, 0.2) is 59.6 Å². The quantitative estimate of drug-likeness (QED) is 0.273. The molecular weight excluding hydrogens is 691 g/mol. The van der Waals surface area contributed by atoms with Crippen LogP contribution < -0.4 is 15.5 Å². The number of carboxylic acid groups (broad SMARTS) is 1. The number of aromatic nitrogens is 1. The van der Waals surface area contributed by atoms with Gasteiger partial charge in [-0.1, -0.05) is 49.6 Å². The third-order valence-corrected chi connectivity index (χ3v) is 13.1. The number of thiophene rings is 1. The molecule has 2 aliphatic heterocycles. The Morgan fingerprint density at radius 2 is 1.71 bits per heavy atom. The molecule has 0 radical (unpaired) electrons. The largest absolute Gasteiger partial charge is 0.477 e. The number of hydrogen-bond acceptors (Lipinski definition) is 10. The Kier molecular flexibility index (Phi) is 10.9. The number of nitrogens with zero attached hydrogens (tertiary/aromatic N) is 4. The summed E-state index contributed by atoms with van der Waals surface area (Å²) in [4.78, 5) is 48.0. The number of pyridine rings is 1. The number of esters is 1. The van der Waals surface area contributed by atoms with Crippen LogP contribution in [-0.4, -0.2) is 84.5 Å². The summed E-state index contributed by atoms with van der Waals surface area (Å²) >= 11 is 1.12. The molecule has 2 aromatic heterocycles. The molecule has 2 atom stereocenters. The van der Waals surface area contributed by atoms with E-state index < -0.39 is 52.1 Å². The van der Waals surface area contributed by atoms with Gasteiger partial charge in [0.15, 0.2) is 0 Å². The third kappa shape index (κ3) is 8.14. The lowest BCUT2D eigenvalue weighted by Crippen LogP contribution is -2.60. The maximum Gasteiger partial charge on any atom is 0.348 e. The second-order valence-electron chi connectivity index (χ2n) is 14.8. The predicted octanol–water partition coefficient (Wildman–Crippen LogP) is 5.38. The Morgan fingerprint density at radius 1 is 1.02 bits per heavy atom. The fraction of sp³-hybridized carbons (Fsp3) is 0.514. The van der Waals surface area contributed by atoms with E-state index in [0.717, 1.165) is 53.9 Å². The van der Waals surface area contributed by atoms with Crippen LogP contribution in [0.1, 0.15) is 75.4 Å². The Bertz CT molecular complexity index is 1830. The first-order valence-electron chi connectivity index (χ1n) is 17.7. The molecule has 2 saturated heterocycles. The number of amides is 1. The number of hydrogen-bond donors (Lipinski definition) is 2. The van der Waals surface area contributed by atoms with Gasteiger partial charge in [-0.05, 0) is 82.1 Å². The minimum absolute atomic E-state index is 0.00940. The van der Waals surface area contributed by atoms with E-state index in [1.807, 2.05) is 56.0 Å². The fourth-order valence-corrected chi connectivity index (χ4v) is 9.86. The molecule has 1 aliphatic carbocycles. The summed E-state index contributed by atoms with van der Waals surface area (Å²) in [6.45, 7) is 6.29. The van der Waals surface area contributed by atoms with E-state index in [0.29, 0.717) is 37.4 Å². The topological polar surface area (TPSA) is 163 Å². The van der Waals surface area contributed by atoms with E-state index in [1.54, 1.807) is 17.0 Å². The summed E-state index contributed by atoms with van der Waals surface area (Å²) in [5.41, 5.74) is 6.81. The molecule has 274 valence electrons. The number of rotatable bonds is 9. The molecule has 51 heavy (non-hydrogen) atoms. The summed E-state index contributed by atoms with van der Waals surface area (Å²) in [7, 11) is -4.11. The van der Waals surface area contributed by atoms with E-state index in [9.17, 15) is 27.9 Å². The van der Waals surface area contributed by atoms with Gasteiger partial charge in [0.05, 0.1) is 18.3 Å². The van der Waals surface area contributed by atoms with Gasteiger partial charge >= 0.3 is 11.9 Å². The van der Waals surface area contributed by atoms with Gasteiger partial charge in [-0.2, -0.15) is 4.31 Å². The van der Waals surface area contributed by atoms with Gasteiger partial charge in [0.2, 0.25) is 15.9 Å². The summed E-state index contributed by atoms with van der Waals surface area (Å²) in [6, 6.07) is 13.2. The number of piperidine rings is 1. The van der Waals surface area contributed by atoms with Crippen LogP contribution >= 0.6 is 11.3 Å². The standard InChI is InChI=1S/C37H47N5O7S2/c1-37(2,3)49-36(46)33(38)26-16-18-40(19-17-26)31-15-14-27(21-39-31)51(47,48)41-22-29(24-10-6-4-7-11-24)42(32(43)23-41)28-20-30(50-34(28)35(44)45)25-12-8-5-9-13-25/h5,8-9,12-15,20-21,24,26,29,33H,4,6-7,10-11,16-19,22-23,38H2,1-3H3,(H,44,45)/t29-,33?/m0/s1. The molecule has 1 unspecified atom stereocenters. The number of carbonyl (C=O) groups excluding carboxylic acids is 2. The smallest absolute Gasteiger partial charge is 0.348 e. The molecule has 0 bridgehead atoms. The molecule has 3 aliphatic rings. The molecular formula is C37H47N5O7S2. The second-order valence-corrected chi connectivity index (χ2v) is 17.7. The average Bonchev–Trinajstić information content (AvgIpc) is 3.57. The number of benzene rings is 1. The monoisotopic (exact) mass is 737 g/mol. The van der Waals surface area contributed by atoms with Crippen molar-refractivity contribution in [3.05, 3.63) is 59.6 Å². The summed E-state index contributed by atoms with van der Waals surface area (Å²) in [5, 5.41) is 10.2. The van der Waals surface area contributed by atoms with Crippen molar-refractivity contribution in [2.75, 3.05) is 36.0 Å². The van der Waals surface area contributed by atoms with Crippen LogP contribution in [0, 0.1) is 11.8 Å². The van der Waals surface area contributed by atoms with Gasteiger partial charge in [-0.25, -0.2) is 18.2 Å². The Morgan fingerprint density at radius 3 is 2.31 bits per heavy atom. The summed E-state index contributed by atoms with van der Waals surface area (Å²) < 4.78 is 34.9. The van der Waals surface area contributed by atoms with Crippen molar-refractivity contribution in [2.45, 2.75) is 88.3 Å². The number of anilines is 2. The minimum Gasteiger partial charge on any atom is -0.477 e. The highest BCUT2D eigenvalue weighted by atomic mass is 32.2. The molecule has 3 aromatic rings. The molecule has 14 heteroatoms. The van der Waals surface area contributed by atoms with Gasteiger partial charge in [0.25, 0.3) is 0 Å². The molecule has 3 fully saturated rings. The minimum atomic E-state index is -4.11. The first kappa shape index (κ1) is 36.9. The van der Waals surface area contributed by atoms with Crippen molar-refractivity contribution in [2.24, 2.45) is 17.6 Å². The molecule has 12 nitrogen and oxygen atoms in total. The van der Waals surface area contributed by atoms with E-state index >= 15 is 0 Å². The maximum atomic E-state index is 14.1. The zero-order valence-electron chi connectivity index (χ0n) is 29.4. The van der Waals surface area contributed by atoms with Crippen molar-refractivity contribution in [1.29, 1.82) is 0 Å².